The molecule has 0 saturated heterocycles. The van der Waals surface area contributed by atoms with Gasteiger partial charge in [0.05, 0.1) is 6.54 Å². The molecular weight excluding hydrogens is 244 g/mol. The van der Waals surface area contributed by atoms with E-state index in [-0.39, 0.29) is 12.0 Å². The Morgan fingerprint density at radius 1 is 1.37 bits per heavy atom. The molecule has 1 atom stereocenters. The molecule has 0 bridgehead atoms. The van der Waals surface area contributed by atoms with Crippen molar-refractivity contribution >= 4 is 5.91 Å². The van der Waals surface area contributed by atoms with Gasteiger partial charge in [-0.2, -0.15) is 0 Å². The van der Waals surface area contributed by atoms with Gasteiger partial charge in [-0.05, 0) is 6.42 Å². The zero-order valence-electron chi connectivity index (χ0n) is 12.1. The van der Waals surface area contributed by atoms with Gasteiger partial charge in [-0.25, -0.2) is 0 Å². The highest BCUT2D eigenvalue weighted by Gasteiger charge is 2.28. The van der Waals surface area contributed by atoms with Crippen molar-refractivity contribution in [1.29, 1.82) is 0 Å². The van der Waals surface area contributed by atoms with Gasteiger partial charge in [0.25, 0.3) is 5.91 Å². The maximum absolute atomic E-state index is 12.3. The van der Waals surface area contributed by atoms with Crippen molar-refractivity contribution in [1.82, 2.24) is 19.7 Å². The van der Waals surface area contributed by atoms with E-state index >= 15 is 0 Å². The van der Waals surface area contributed by atoms with Crippen LogP contribution in [0.3, 0.4) is 0 Å². The van der Waals surface area contributed by atoms with Gasteiger partial charge in [0.15, 0.2) is 5.82 Å². The van der Waals surface area contributed by atoms with Crippen LogP contribution in [0, 0.1) is 0 Å². The number of carbonyl (C=O) groups is 1. The smallest absolute Gasteiger partial charge is 0.252 e. The lowest BCUT2D eigenvalue weighted by molar-refractivity contribution is -0.143. The maximum Gasteiger partial charge on any atom is 0.252 e. The molecule has 0 aromatic carbocycles. The van der Waals surface area contributed by atoms with Crippen LogP contribution < -0.4 is 0 Å². The Morgan fingerprint density at radius 3 is 2.68 bits per heavy atom. The summed E-state index contributed by atoms with van der Waals surface area (Å²) in [7, 11) is 1.58. The zero-order valence-corrected chi connectivity index (χ0v) is 12.1. The van der Waals surface area contributed by atoms with Gasteiger partial charge in [0, 0.05) is 26.1 Å². The number of hydrogen-bond donors (Lipinski definition) is 0. The third kappa shape index (κ3) is 2.63. The number of amides is 1. The minimum absolute atomic E-state index is 0.0466. The quantitative estimate of drug-likeness (QED) is 0.820. The normalized spacial score (nSPS) is 16.6. The van der Waals surface area contributed by atoms with Crippen LogP contribution in [0.15, 0.2) is 0 Å². The first-order chi connectivity index (χ1) is 9.08. The fourth-order valence-electron chi connectivity index (χ4n) is 2.44. The third-order valence-electron chi connectivity index (χ3n) is 3.54. The summed E-state index contributed by atoms with van der Waals surface area (Å²) in [4.78, 5) is 14.1. The van der Waals surface area contributed by atoms with E-state index in [1.807, 2.05) is 11.8 Å². The highest BCUT2D eigenvalue weighted by molar-refractivity contribution is 5.80. The van der Waals surface area contributed by atoms with E-state index in [9.17, 15) is 4.79 Å². The Kier molecular flexibility index (Phi) is 4.19. The van der Waals surface area contributed by atoms with Gasteiger partial charge in [0.1, 0.15) is 11.9 Å². The van der Waals surface area contributed by atoms with E-state index < -0.39 is 0 Å². The Bertz CT molecular complexity index is 451. The van der Waals surface area contributed by atoms with E-state index in [0.29, 0.717) is 25.4 Å². The molecule has 1 aliphatic heterocycles. The van der Waals surface area contributed by atoms with Gasteiger partial charge in [-0.1, -0.05) is 20.8 Å². The van der Waals surface area contributed by atoms with E-state index in [0.717, 1.165) is 18.2 Å². The summed E-state index contributed by atoms with van der Waals surface area (Å²) >= 11 is 0. The molecule has 1 aromatic heterocycles. The van der Waals surface area contributed by atoms with Gasteiger partial charge < -0.3 is 14.2 Å². The molecule has 1 amide bonds. The van der Waals surface area contributed by atoms with Gasteiger partial charge in [-0.15, -0.1) is 10.2 Å². The fourth-order valence-corrected chi connectivity index (χ4v) is 2.44. The van der Waals surface area contributed by atoms with Crippen LogP contribution in [0.4, 0.5) is 0 Å². The molecule has 19 heavy (non-hydrogen) atoms. The standard InChI is InChI=1S/C13H22N4O2/c1-5-10(19-4)13(18)16-6-7-17-11(8-16)14-15-12(17)9(2)3/h9-10H,5-8H2,1-4H3/t10-/m0/s1. The number of fused-ring (bicyclic) bond motifs is 1. The molecule has 0 unspecified atom stereocenters. The molecule has 0 aliphatic carbocycles. The molecule has 6 nitrogen and oxygen atoms in total. The number of nitrogens with zero attached hydrogens (tertiary/aromatic N) is 4. The van der Waals surface area contributed by atoms with Crippen LogP contribution >= 0.6 is 0 Å². The van der Waals surface area contributed by atoms with E-state index in [1.165, 1.54) is 0 Å². The molecule has 0 saturated carbocycles. The maximum atomic E-state index is 12.3. The Hall–Kier alpha value is -1.43. The van der Waals surface area contributed by atoms with Crippen LogP contribution in [-0.4, -0.2) is 45.3 Å². The summed E-state index contributed by atoms with van der Waals surface area (Å²) in [6, 6.07) is 0. The van der Waals surface area contributed by atoms with Crippen molar-refractivity contribution in [3.63, 3.8) is 0 Å². The summed E-state index contributed by atoms with van der Waals surface area (Å²) in [5, 5.41) is 8.42. The first-order valence-corrected chi connectivity index (χ1v) is 6.82. The van der Waals surface area contributed by atoms with Crippen LogP contribution in [0.1, 0.15) is 44.8 Å². The molecule has 1 aliphatic rings. The van der Waals surface area contributed by atoms with Gasteiger partial charge >= 0.3 is 0 Å². The summed E-state index contributed by atoms with van der Waals surface area (Å²) in [6.07, 6.45) is 0.342. The summed E-state index contributed by atoms with van der Waals surface area (Å²) in [5.74, 6) is 2.27. The van der Waals surface area contributed by atoms with Crippen molar-refractivity contribution < 1.29 is 9.53 Å². The number of carbonyl (C=O) groups excluding carboxylic acids is 1. The Morgan fingerprint density at radius 2 is 2.11 bits per heavy atom. The lowest BCUT2D eigenvalue weighted by Gasteiger charge is -2.30. The number of methoxy groups -OCH3 is 1. The monoisotopic (exact) mass is 266 g/mol. The van der Waals surface area contributed by atoms with Crippen molar-refractivity contribution in [3.05, 3.63) is 11.6 Å². The van der Waals surface area contributed by atoms with Gasteiger partial charge in [-0.3, -0.25) is 4.79 Å². The SMILES string of the molecule is CC[C@H](OC)C(=O)N1CCn2c(nnc2C(C)C)C1. The second kappa shape index (κ2) is 5.69. The average molecular weight is 266 g/mol. The summed E-state index contributed by atoms with van der Waals surface area (Å²) < 4.78 is 7.34. The summed E-state index contributed by atoms with van der Waals surface area (Å²) in [6.45, 7) is 8.15. The molecule has 6 heteroatoms. The second-order valence-corrected chi connectivity index (χ2v) is 5.17. The zero-order chi connectivity index (χ0) is 14.0. The minimum atomic E-state index is -0.348. The highest BCUT2D eigenvalue weighted by atomic mass is 16.5. The molecule has 0 fully saturated rings. The lowest BCUT2D eigenvalue weighted by atomic mass is 10.2. The third-order valence-corrected chi connectivity index (χ3v) is 3.54. The number of aromatic nitrogens is 3. The number of rotatable bonds is 4. The molecule has 0 spiro atoms. The van der Waals surface area contributed by atoms with E-state index in [2.05, 4.69) is 28.6 Å². The Balaban J connectivity index is 2.12. The molecule has 1 aromatic rings. The minimum Gasteiger partial charge on any atom is -0.372 e. The van der Waals surface area contributed by atoms with E-state index in [1.54, 1.807) is 7.11 Å². The topological polar surface area (TPSA) is 60.2 Å². The predicted octanol–water partition coefficient (Wildman–Crippen LogP) is 1.17. The van der Waals surface area contributed by atoms with Crippen molar-refractivity contribution in [2.45, 2.75) is 52.3 Å². The van der Waals surface area contributed by atoms with Crippen molar-refractivity contribution in [2.24, 2.45) is 0 Å². The van der Waals surface area contributed by atoms with Gasteiger partial charge in [0.2, 0.25) is 0 Å². The fraction of sp³-hybridized carbons (Fsp3) is 0.769. The Labute approximate surface area is 113 Å². The highest BCUT2D eigenvalue weighted by Crippen LogP contribution is 2.19. The molecular formula is C13H22N4O2. The molecule has 106 valence electrons. The predicted molar refractivity (Wildman–Crippen MR) is 70.6 cm³/mol. The number of hydrogen-bond acceptors (Lipinski definition) is 4. The van der Waals surface area contributed by atoms with Crippen molar-refractivity contribution in [2.75, 3.05) is 13.7 Å². The second-order valence-electron chi connectivity index (χ2n) is 5.17. The van der Waals surface area contributed by atoms with E-state index in [4.69, 9.17) is 4.74 Å². The first kappa shape index (κ1) is 14.0. The van der Waals surface area contributed by atoms with Crippen LogP contribution in [-0.2, 0) is 22.6 Å². The molecule has 2 heterocycles. The average Bonchev–Trinajstić information content (AvgIpc) is 2.82. The van der Waals surface area contributed by atoms with Crippen LogP contribution in [0.2, 0.25) is 0 Å². The van der Waals surface area contributed by atoms with Crippen LogP contribution in [0.5, 0.6) is 0 Å². The van der Waals surface area contributed by atoms with Crippen LogP contribution in [0.25, 0.3) is 0 Å². The first-order valence-electron chi connectivity index (χ1n) is 6.82. The molecule has 2 rings (SSSR count). The summed E-state index contributed by atoms with van der Waals surface area (Å²) in [5.41, 5.74) is 0. The van der Waals surface area contributed by atoms with Crippen molar-refractivity contribution in [3.8, 4) is 0 Å². The largest absolute Gasteiger partial charge is 0.372 e. The molecule has 0 radical (unpaired) electrons. The number of ether oxygens (including phenoxy) is 1. The lowest BCUT2D eigenvalue weighted by Crippen LogP contribution is -2.44. The molecule has 0 N–H and O–H groups in total.